The number of hydrogen-bond acceptors (Lipinski definition) is 4. The molecule has 1 aliphatic heterocycles. The maximum absolute atomic E-state index is 12.7. The number of aromatic nitrogens is 3. The lowest BCUT2D eigenvalue weighted by Gasteiger charge is -2.32. The van der Waals surface area contributed by atoms with Crippen molar-refractivity contribution < 1.29 is 4.79 Å². The van der Waals surface area contributed by atoms with Crippen LogP contribution in [0, 0.1) is 0 Å². The molecule has 5 heteroatoms. The second kappa shape index (κ2) is 8.74. The molecule has 5 nitrogen and oxygen atoms in total. The number of aryl methyl sites for hydroxylation is 1. The van der Waals surface area contributed by atoms with E-state index in [1.54, 1.807) is 12.4 Å². The van der Waals surface area contributed by atoms with Crippen molar-refractivity contribution in [2.75, 3.05) is 13.1 Å². The third kappa shape index (κ3) is 4.42. The van der Waals surface area contributed by atoms with Crippen molar-refractivity contribution in [2.45, 2.75) is 31.6 Å². The van der Waals surface area contributed by atoms with Gasteiger partial charge in [0.25, 0.3) is 0 Å². The van der Waals surface area contributed by atoms with Crippen LogP contribution in [0.4, 0.5) is 0 Å². The zero-order chi connectivity index (χ0) is 19.2. The van der Waals surface area contributed by atoms with Crippen LogP contribution < -0.4 is 0 Å². The Hall–Kier alpha value is -3.08. The van der Waals surface area contributed by atoms with Crippen molar-refractivity contribution >= 4 is 5.91 Å². The molecule has 0 spiro atoms. The third-order valence-corrected chi connectivity index (χ3v) is 5.34. The topological polar surface area (TPSA) is 59.0 Å². The van der Waals surface area contributed by atoms with Crippen LogP contribution in [0.1, 0.15) is 36.4 Å². The highest BCUT2D eigenvalue weighted by Crippen LogP contribution is 2.27. The number of nitrogens with zero attached hydrogens (tertiary/aromatic N) is 4. The molecule has 142 valence electrons. The fraction of sp³-hybridized carbons (Fsp3) is 0.304. The van der Waals surface area contributed by atoms with Gasteiger partial charge >= 0.3 is 0 Å². The predicted octanol–water partition coefficient (Wildman–Crippen LogP) is 3.88. The second-order valence-corrected chi connectivity index (χ2v) is 7.26. The van der Waals surface area contributed by atoms with Crippen LogP contribution in [0.5, 0.6) is 0 Å². The lowest BCUT2D eigenvalue weighted by Crippen LogP contribution is -2.39. The molecule has 0 bridgehead atoms. The summed E-state index contributed by atoms with van der Waals surface area (Å²) in [6, 6.07) is 14.3. The Morgan fingerprint density at radius 3 is 2.57 bits per heavy atom. The maximum Gasteiger partial charge on any atom is 0.222 e. The molecular weight excluding hydrogens is 348 g/mol. The molecule has 3 heterocycles. The van der Waals surface area contributed by atoms with Gasteiger partial charge in [0.15, 0.2) is 0 Å². The number of amides is 1. The van der Waals surface area contributed by atoms with Gasteiger partial charge in [0.2, 0.25) is 5.91 Å². The zero-order valence-electron chi connectivity index (χ0n) is 15.9. The molecule has 0 radical (unpaired) electrons. The van der Waals surface area contributed by atoms with E-state index in [0.717, 1.165) is 49.2 Å². The molecule has 0 aliphatic carbocycles. The molecule has 28 heavy (non-hydrogen) atoms. The Labute approximate surface area is 165 Å². The SMILES string of the molecule is O=C(CCc1ccccc1)N1CCC[C@H](c2ccc(-c3cncnc3)cn2)C1. The van der Waals surface area contributed by atoms with E-state index in [-0.39, 0.29) is 5.91 Å². The van der Waals surface area contributed by atoms with Crippen LogP contribution in [0.15, 0.2) is 67.4 Å². The molecule has 4 rings (SSSR count). The van der Waals surface area contributed by atoms with Crippen molar-refractivity contribution in [3.8, 4) is 11.1 Å². The largest absolute Gasteiger partial charge is 0.342 e. The molecule has 1 fully saturated rings. The molecule has 0 N–H and O–H groups in total. The van der Waals surface area contributed by atoms with Gasteiger partial charge in [-0.1, -0.05) is 36.4 Å². The van der Waals surface area contributed by atoms with Crippen molar-refractivity contribution in [1.29, 1.82) is 0 Å². The van der Waals surface area contributed by atoms with Gasteiger partial charge in [-0.25, -0.2) is 9.97 Å². The summed E-state index contributed by atoms with van der Waals surface area (Å²) in [6.07, 6.45) is 10.4. The van der Waals surface area contributed by atoms with Crippen LogP contribution in [0.25, 0.3) is 11.1 Å². The smallest absolute Gasteiger partial charge is 0.222 e. The normalized spacial score (nSPS) is 16.7. The van der Waals surface area contributed by atoms with Gasteiger partial charge in [0.05, 0.1) is 0 Å². The van der Waals surface area contributed by atoms with Crippen LogP contribution in [-0.4, -0.2) is 38.8 Å². The van der Waals surface area contributed by atoms with E-state index in [9.17, 15) is 4.79 Å². The number of carbonyl (C=O) groups is 1. The molecule has 1 aliphatic rings. The van der Waals surface area contributed by atoms with E-state index in [0.29, 0.717) is 12.3 Å². The minimum absolute atomic E-state index is 0.242. The van der Waals surface area contributed by atoms with Gasteiger partial charge in [-0.05, 0) is 30.9 Å². The highest BCUT2D eigenvalue weighted by Gasteiger charge is 2.25. The standard InChI is InChI=1S/C23H24N4O/c28-23(11-8-18-5-2-1-3-6-18)27-12-4-7-20(16-27)22-10-9-19(15-26-22)21-13-24-17-25-14-21/h1-3,5-6,9-10,13-15,17,20H,4,7-8,11-12,16H2/t20-/m0/s1. The summed E-state index contributed by atoms with van der Waals surface area (Å²) in [4.78, 5) is 27.5. The lowest BCUT2D eigenvalue weighted by atomic mass is 9.93. The number of carbonyl (C=O) groups excluding carboxylic acids is 1. The first kappa shape index (κ1) is 18.3. The summed E-state index contributed by atoms with van der Waals surface area (Å²) in [5.74, 6) is 0.544. The van der Waals surface area contributed by atoms with Gasteiger partial charge in [-0.2, -0.15) is 0 Å². The van der Waals surface area contributed by atoms with Crippen molar-refractivity contribution in [3.05, 3.63) is 78.6 Å². The zero-order valence-corrected chi connectivity index (χ0v) is 15.9. The summed E-state index contributed by atoms with van der Waals surface area (Å²) >= 11 is 0. The molecule has 0 saturated carbocycles. The molecule has 1 aromatic carbocycles. The van der Waals surface area contributed by atoms with E-state index in [2.05, 4.69) is 39.2 Å². The average molecular weight is 372 g/mol. The van der Waals surface area contributed by atoms with Gasteiger partial charge < -0.3 is 4.90 Å². The number of hydrogen-bond donors (Lipinski definition) is 0. The average Bonchev–Trinajstić information content (AvgIpc) is 2.79. The van der Waals surface area contributed by atoms with E-state index in [1.807, 2.05) is 29.3 Å². The maximum atomic E-state index is 12.7. The molecule has 2 aromatic heterocycles. The van der Waals surface area contributed by atoms with Crippen molar-refractivity contribution in [2.24, 2.45) is 0 Å². The highest BCUT2D eigenvalue weighted by atomic mass is 16.2. The Balaban J connectivity index is 1.37. The first-order valence-corrected chi connectivity index (χ1v) is 9.82. The predicted molar refractivity (Wildman–Crippen MR) is 109 cm³/mol. The van der Waals surface area contributed by atoms with Crippen LogP contribution >= 0.6 is 0 Å². The molecule has 1 atom stereocenters. The number of benzene rings is 1. The summed E-state index contributed by atoms with van der Waals surface area (Å²) < 4.78 is 0. The summed E-state index contributed by atoms with van der Waals surface area (Å²) in [5.41, 5.74) is 4.24. The summed E-state index contributed by atoms with van der Waals surface area (Å²) in [6.45, 7) is 1.61. The van der Waals surface area contributed by atoms with Gasteiger partial charge in [-0.15, -0.1) is 0 Å². The fourth-order valence-electron chi connectivity index (χ4n) is 3.76. The Bertz CT molecular complexity index is 897. The van der Waals surface area contributed by atoms with Crippen LogP contribution in [0.3, 0.4) is 0 Å². The van der Waals surface area contributed by atoms with E-state index in [4.69, 9.17) is 0 Å². The molecule has 0 unspecified atom stereocenters. The van der Waals surface area contributed by atoms with Crippen LogP contribution in [0.2, 0.25) is 0 Å². The monoisotopic (exact) mass is 372 g/mol. The second-order valence-electron chi connectivity index (χ2n) is 7.26. The minimum atomic E-state index is 0.242. The Morgan fingerprint density at radius 2 is 1.82 bits per heavy atom. The van der Waals surface area contributed by atoms with Gasteiger partial charge in [-0.3, -0.25) is 9.78 Å². The van der Waals surface area contributed by atoms with E-state index >= 15 is 0 Å². The summed E-state index contributed by atoms with van der Waals surface area (Å²) in [5, 5.41) is 0. The lowest BCUT2D eigenvalue weighted by molar-refractivity contribution is -0.132. The molecule has 3 aromatic rings. The quantitative estimate of drug-likeness (QED) is 0.682. The van der Waals surface area contributed by atoms with Gasteiger partial charge in [0, 0.05) is 60.8 Å². The Kier molecular flexibility index (Phi) is 5.71. The van der Waals surface area contributed by atoms with Crippen molar-refractivity contribution in [1.82, 2.24) is 19.9 Å². The third-order valence-electron chi connectivity index (χ3n) is 5.34. The summed E-state index contributed by atoms with van der Waals surface area (Å²) in [7, 11) is 0. The number of pyridine rings is 1. The Morgan fingerprint density at radius 1 is 1.00 bits per heavy atom. The van der Waals surface area contributed by atoms with Crippen LogP contribution in [-0.2, 0) is 11.2 Å². The van der Waals surface area contributed by atoms with Gasteiger partial charge in [0.1, 0.15) is 6.33 Å². The first-order chi connectivity index (χ1) is 13.8. The molecular formula is C23H24N4O. The fourth-order valence-corrected chi connectivity index (χ4v) is 3.76. The highest BCUT2D eigenvalue weighted by molar-refractivity contribution is 5.76. The minimum Gasteiger partial charge on any atom is -0.342 e. The number of rotatable bonds is 5. The van der Waals surface area contributed by atoms with E-state index < -0.39 is 0 Å². The molecule has 1 amide bonds. The van der Waals surface area contributed by atoms with E-state index in [1.165, 1.54) is 11.9 Å². The molecule has 1 saturated heterocycles. The first-order valence-electron chi connectivity index (χ1n) is 9.82. The van der Waals surface area contributed by atoms with Crippen molar-refractivity contribution in [3.63, 3.8) is 0 Å². The number of likely N-dealkylation sites (tertiary alicyclic amines) is 1. The number of piperidine rings is 1.